The SMILES string of the molecule is CCCNc1nc(Nc2ccc(C#N)cc2)ncc1C#CCCCNC(=O)[C@@H]1C[C@H](O)CN1C(=O)C=CCN(C)C. The molecule has 1 aliphatic heterocycles. The van der Waals surface area contributed by atoms with Crippen LogP contribution >= 0.6 is 0 Å². The van der Waals surface area contributed by atoms with E-state index in [1.54, 1.807) is 36.5 Å². The van der Waals surface area contributed by atoms with E-state index in [0.717, 1.165) is 18.7 Å². The first-order valence-electron chi connectivity index (χ1n) is 13.7. The third-order valence-electron chi connectivity index (χ3n) is 6.20. The van der Waals surface area contributed by atoms with E-state index in [-0.39, 0.29) is 24.8 Å². The van der Waals surface area contributed by atoms with Crippen molar-refractivity contribution in [1.82, 2.24) is 25.1 Å². The van der Waals surface area contributed by atoms with Crippen LogP contribution in [0.3, 0.4) is 0 Å². The fourth-order valence-corrected chi connectivity index (χ4v) is 4.10. The Morgan fingerprint density at radius 3 is 2.73 bits per heavy atom. The van der Waals surface area contributed by atoms with Crippen molar-refractivity contribution < 1.29 is 14.7 Å². The Hall–Kier alpha value is -4.45. The van der Waals surface area contributed by atoms with Crippen LogP contribution in [-0.4, -0.2) is 89.1 Å². The number of aliphatic hydroxyl groups excluding tert-OH is 1. The standard InChI is InChI=1S/C30H38N8O3/c1-4-15-32-28-23(20-34-30(36-28)35-24-13-11-22(19-31)12-14-24)9-6-5-7-16-33-29(41)26-18-25(39)21-38(26)27(40)10-8-17-37(2)3/h8,10-14,20,25-26,39H,4-5,7,15-18,21H2,1-3H3,(H,33,41)(H2,32,34,35,36)/t25-,26-/m0/s1. The molecule has 1 aromatic heterocycles. The quantitative estimate of drug-likeness (QED) is 0.175. The first-order chi connectivity index (χ1) is 19.8. The molecule has 0 spiro atoms. The van der Waals surface area contributed by atoms with Gasteiger partial charge in [-0.05, 0) is 51.2 Å². The van der Waals surface area contributed by atoms with E-state index in [0.29, 0.717) is 48.8 Å². The Morgan fingerprint density at radius 1 is 1.24 bits per heavy atom. The molecule has 0 bridgehead atoms. The summed E-state index contributed by atoms with van der Waals surface area (Å²) < 4.78 is 0. The van der Waals surface area contributed by atoms with Crippen LogP contribution in [0.2, 0.25) is 0 Å². The predicted molar refractivity (Wildman–Crippen MR) is 158 cm³/mol. The lowest BCUT2D eigenvalue weighted by molar-refractivity contribution is -0.135. The molecule has 1 aliphatic rings. The molecule has 2 amide bonds. The number of unbranched alkanes of at least 4 members (excludes halogenated alkanes) is 1. The fraction of sp³-hybridized carbons (Fsp3) is 0.433. The van der Waals surface area contributed by atoms with Crippen LogP contribution in [0.25, 0.3) is 0 Å². The summed E-state index contributed by atoms with van der Waals surface area (Å²) in [6, 6.07) is 8.43. The van der Waals surface area contributed by atoms with Crippen LogP contribution in [0.5, 0.6) is 0 Å². The van der Waals surface area contributed by atoms with Crippen molar-refractivity contribution in [2.24, 2.45) is 0 Å². The third kappa shape index (κ3) is 9.91. The van der Waals surface area contributed by atoms with Crippen LogP contribution in [0, 0.1) is 23.2 Å². The highest BCUT2D eigenvalue weighted by Gasteiger charge is 2.37. The van der Waals surface area contributed by atoms with Gasteiger partial charge in [-0.3, -0.25) is 9.59 Å². The molecule has 1 aromatic carbocycles. The van der Waals surface area contributed by atoms with Gasteiger partial charge < -0.3 is 30.9 Å². The van der Waals surface area contributed by atoms with Gasteiger partial charge in [0.1, 0.15) is 11.9 Å². The first-order valence-corrected chi connectivity index (χ1v) is 13.7. The van der Waals surface area contributed by atoms with Crippen LogP contribution in [0.15, 0.2) is 42.6 Å². The summed E-state index contributed by atoms with van der Waals surface area (Å²) in [7, 11) is 3.80. The molecule has 2 heterocycles. The molecule has 2 aromatic rings. The van der Waals surface area contributed by atoms with Crippen LogP contribution in [-0.2, 0) is 9.59 Å². The van der Waals surface area contributed by atoms with Gasteiger partial charge in [0.25, 0.3) is 0 Å². The van der Waals surface area contributed by atoms with E-state index in [1.165, 1.54) is 11.0 Å². The number of benzene rings is 1. The summed E-state index contributed by atoms with van der Waals surface area (Å²) in [5.41, 5.74) is 2.01. The minimum Gasteiger partial charge on any atom is -0.391 e. The number of hydrogen-bond donors (Lipinski definition) is 4. The van der Waals surface area contributed by atoms with Crippen molar-refractivity contribution in [2.45, 2.75) is 44.8 Å². The van der Waals surface area contributed by atoms with Gasteiger partial charge in [0.2, 0.25) is 17.8 Å². The van der Waals surface area contributed by atoms with E-state index in [2.05, 4.69) is 50.8 Å². The second kappa shape index (κ2) is 16.0. The zero-order valence-electron chi connectivity index (χ0n) is 23.9. The molecule has 0 saturated carbocycles. The summed E-state index contributed by atoms with van der Waals surface area (Å²) in [5.74, 6) is 6.73. The van der Waals surface area contributed by atoms with E-state index >= 15 is 0 Å². The lowest BCUT2D eigenvalue weighted by Gasteiger charge is -2.22. The molecule has 1 fully saturated rings. The molecular weight excluding hydrogens is 520 g/mol. The maximum absolute atomic E-state index is 12.8. The second-order valence-electron chi connectivity index (χ2n) is 9.95. The molecule has 1 saturated heterocycles. The monoisotopic (exact) mass is 558 g/mol. The van der Waals surface area contributed by atoms with Gasteiger partial charge >= 0.3 is 0 Å². The Balaban J connectivity index is 1.52. The number of anilines is 3. The minimum atomic E-state index is -0.716. The molecule has 216 valence electrons. The molecule has 0 radical (unpaired) electrons. The van der Waals surface area contributed by atoms with Gasteiger partial charge in [-0.2, -0.15) is 10.2 Å². The number of nitrogens with one attached hydrogen (secondary N) is 3. The number of nitrogens with zero attached hydrogens (tertiary/aromatic N) is 5. The normalized spacial score (nSPS) is 16.2. The van der Waals surface area contributed by atoms with E-state index in [4.69, 9.17) is 5.26 Å². The number of nitriles is 1. The van der Waals surface area contributed by atoms with Crippen molar-refractivity contribution >= 4 is 29.3 Å². The minimum absolute atomic E-state index is 0.146. The largest absolute Gasteiger partial charge is 0.391 e. The smallest absolute Gasteiger partial charge is 0.247 e. The number of hydrogen-bond acceptors (Lipinski definition) is 9. The zero-order chi connectivity index (χ0) is 29.6. The maximum atomic E-state index is 12.8. The summed E-state index contributed by atoms with van der Waals surface area (Å²) in [5, 5.41) is 28.3. The molecule has 0 unspecified atom stereocenters. The van der Waals surface area contributed by atoms with E-state index in [9.17, 15) is 14.7 Å². The molecule has 3 rings (SSSR count). The number of likely N-dealkylation sites (N-methyl/N-ethyl adjacent to an activating group) is 1. The van der Waals surface area contributed by atoms with Crippen molar-refractivity contribution in [1.29, 1.82) is 5.26 Å². The highest BCUT2D eigenvalue weighted by molar-refractivity contribution is 5.93. The van der Waals surface area contributed by atoms with Gasteiger partial charge in [-0.15, -0.1) is 0 Å². The Kier molecular flexibility index (Phi) is 12.1. The van der Waals surface area contributed by atoms with Gasteiger partial charge in [0.15, 0.2) is 0 Å². The Labute approximate surface area is 241 Å². The van der Waals surface area contributed by atoms with E-state index < -0.39 is 12.1 Å². The summed E-state index contributed by atoms with van der Waals surface area (Å²) in [6.07, 6.45) is 6.46. The van der Waals surface area contributed by atoms with Gasteiger partial charge in [-0.25, -0.2) is 4.98 Å². The summed E-state index contributed by atoms with van der Waals surface area (Å²) in [6.45, 7) is 3.96. The van der Waals surface area contributed by atoms with Crippen LogP contribution in [0.4, 0.5) is 17.5 Å². The Morgan fingerprint density at radius 2 is 2.02 bits per heavy atom. The van der Waals surface area contributed by atoms with Crippen molar-refractivity contribution in [3.05, 3.63) is 53.7 Å². The number of aliphatic hydroxyl groups is 1. The van der Waals surface area contributed by atoms with Crippen LogP contribution < -0.4 is 16.0 Å². The first kappa shape index (κ1) is 31.1. The van der Waals surface area contributed by atoms with E-state index in [1.807, 2.05) is 19.0 Å². The molecule has 2 atom stereocenters. The molecule has 4 N–H and O–H groups in total. The number of carbonyl (C=O) groups excluding carboxylic acids is 2. The molecule has 41 heavy (non-hydrogen) atoms. The topological polar surface area (TPSA) is 147 Å². The highest BCUT2D eigenvalue weighted by Crippen LogP contribution is 2.19. The average molecular weight is 559 g/mol. The third-order valence-corrected chi connectivity index (χ3v) is 6.20. The maximum Gasteiger partial charge on any atom is 0.247 e. The number of β-amino-alcohol motifs (C(OH)–C–C–N with tert-alkyl or cyclic N) is 1. The number of aromatic nitrogens is 2. The number of likely N-dealkylation sites (tertiary alicyclic amines) is 1. The number of carbonyl (C=O) groups is 2. The molecule has 0 aliphatic carbocycles. The summed E-state index contributed by atoms with van der Waals surface area (Å²) >= 11 is 0. The number of amides is 2. The van der Waals surface area contributed by atoms with Crippen molar-refractivity contribution in [2.75, 3.05) is 50.9 Å². The van der Waals surface area contributed by atoms with Gasteiger partial charge in [0.05, 0.1) is 29.5 Å². The average Bonchev–Trinajstić information content (AvgIpc) is 3.36. The predicted octanol–water partition coefficient (Wildman–Crippen LogP) is 2.24. The zero-order valence-corrected chi connectivity index (χ0v) is 23.9. The fourth-order valence-electron chi connectivity index (χ4n) is 4.10. The molecular formula is C30H38N8O3. The Bertz CT molecular complexity index is 1310. The lowest BCUT2D eigenvalue weighted by Crippen LogP contribution is -2.45. The molecule has 11 nitrogen and oxygen atoms in total. The van der Waals surface area contributed by atoms with Crippen molar-refractivity contribution in [3.8, 4) is 17.9 Å². The highest BCUT2D eigenvalue weighted by atomic mass is 16.3. The van der Waals surface area contributed by atoms with Gasteiger partial charge in [0, 0.05) is 50.8 Å². The second-order valence-corrected chi connectivity index (χ2v) is 9.95. The van der Waals surface area contributed by atoms with Crippen molar-refractivity contribution in [3.63, 3.8) is 0 Å². The summed E-state index contributed by atoms with van der Waals surface area (Å²) in [4.78, 5) is 37.6. The lowest BCUT2D eigenvalue weighted by atomic mass is 10.2. The molecule has 11 heteroatoms. The van der Waals surface area contributed by atoms with Gasteiger partial charge in [-0.1, -0.05) is 24.8 Å². The van der Waals surface area contributed by atoms with Crippen LogP contribution in [0.1, 0.15) is 43.7 Å². The number of rotatable bonds is 12.